The molecule has 0 aliphatic heterocycles. The Kier molecular flexibility index (Phi) is 6.75. The van der Waals surface area contributed by atoms with E-state index in [2.05, 4.69) is 6.58 Å². The minimum atomic E-state index is -1.12. The highest BCUT2D eigenvalue weighted by Gasteiger charge is 2.32. The molecule has 35 heavy (non-hydrogen) atoms. The van der Waals surface area contributed by atoms with Gasteiger partial charge in [-0.05, 0) is 77.8 Å². The Balaban J connectivity index is 1.98. The number of nitrogens with one attached hydrogen (secondary N) is 1. The van der Waals surface area contributed by atoms with E-state index >= 15 is 4.39 Å². The maximum atomic E-state index is 15.3. The zero-order valence-electron chi connectivity index (χ0n) is 19.4. The predicted molar refractivity (Wildman–Crippen MR) is 139 cm³/mol. The fourth-order valence-electron chi connectivity index (χ4n) is 4.11. The van der Waals surface area contributed by atoms with Gasteiger partial charge < -0.3 is 5.73 Å². The van der Waals surface area contributed by atoms with Crippen LogP contribution in [-0.4, -0.2) is 5.97 Å². The maximum absolute atomic E-state index is 15.3. The largest absolute Gasteiger partial charge is 0.398 e. The molecule has 1 aliphatic rings. The summed E-state index contributed by atoms with van der Waals surface area (Å²) in [4.78, 5) is 0. The van der Waals surface area contributed by atoms with Gasteiger partial charge in [0.05, 0.1) is 17.2 Å². The summed E-state index contributed by atoms with van der Waals surface area (Å²) in [5, 5.41) is 16.7. The van der Waals surface area contributed by atoms with E-state index in [0.717, 1.165) is 40.7 Å². The van der Waals surface area contributed by atoms with E-state index < -0.39 is 11.8 Å². The van der Waals surface area contributed by atoms with Gasteiger partial charge in [0.15, 0.2) is 0 Å². The molecule has 0 radical (unpaired) electrons. The summed E-state index contributed by atoms with van der Waals surface area (Å²) >= 11 is 0. The van der Waals surface area contributed by atoms with E-state index in [0.29, 0.717) is 11.1 Å². The highest BCUT2D eigenvalue weighted by atomic mass is 19.1. The van der Waals surface area contributed by atoms with Crippen molar-refractivity contribution >= 4 is 28.9 Å². The van der Waals surface area contributed by atoms with Crippen molar-refractivity contribution in [1.82, 2.24) is 0 Å². The van der Waals surface area contributed by atoms with Gasteiger partial charge in [0.1, 0.15) is 5.82 Å². The summed E-state index contributed by atoms with van der Waals surface area (Å²) in [5.74, 6) is -1.47. The number of anilines is 1. The normalized spacial score (nSPS) is 13.9. The summed E-state index contributed by atoms with van der Waals surface area (Å²) in [6.07, 6.45) is 5.69. The molecule has 3 N–H and O–H groups in total. The zero-order valence-corrected chi connectivity index (χ0v) is 19.4. The Morgan fingerprint density at radius 2 is 1.74 bits per heavy atom. The fourth-order valence-corrected chi connectivity index (χ4v) is 4.11. The minimum absolute atomic E-state index is 0.00328. The molecule has 0 saturated heterocycles. The Hall–Kier alpha value is -4.30. The van der Waals surface area contributed by atoms with Gasteiger partial charge >= 0.3 is 0 Å². The number of halogens is 2. The maximum Gasteiger partial charge on any atom is 0.214 e. The van der Waals surface area contributed by atoms with Crippen LogP contribution in [0.25, 0.3) is 17.2 Å². The lowest BCUT2D eigenvalue weighted by molar-refractivity contribution is 0.622. The molecule has 174 valence electrons. The summed E-state index contributed by atoms with van der Waals surface area (Å²) in [6.45, 7) is 5.80. The molecule has 3 aromatic rings. The van der Waals surface area contributed by atoms with Gasteiger partial charge in [-0.3, -0.25) is 5.41 Å². The molecule has 3 aromatic carbocycles. The van der Waals surface area contributed by atoms with Gasteiger partial charge in [0.2, 0.25) is 5.97 Å². The van der Waals surface area contributed by atoms with E-state index in [1.807, 2.05) is 49.4 Å². The molecule has 3 nitrogen and oxygen atoms in total. The number of nitrogens with two attached hydrogens (primary N) is 1. The lowest BCUT2D eigenvalue weighted by Gasteiger charge is -2.19. The smallest absolute Gasteiger partial charge is 0.214 e. The predicted octanol–water partition coefficient (Wildman–Crippen LogP) is 7.53. The SMILES string of the molecule is C=C(C)/C=C/c1ccc(/C(=C(\c2ccc(C#N)cc2F)C2CC2)c2ccc(N)c(C(=N)F)c2)cc1. The molecular weight excluding hydrogens is 440 g/mol. The van der Waals surface area contributed by atoms with Crippen LogP contribution in [0.5, 0.6) is 0 Å². The highest BCUT2D eigenvalue weighted by molar-refractivity contribution is 6.03. The van der Waals surface area contributed by atoms with Crippen molar-refractivity contribution in [2.24, 2.45) is 5.92 Å². The quantitative estimate of drug-likeness (QED) is 0.164. The first-order valence-corrected chi connectivity index (χ1v) is 11.3. The summed E-state index contributed by atoms with van der Waals surface area (Å²) < 4.78 is 29.2. The fraction of sp³-hybridized carbons (Fsp3) is 0.133. The first-order valence-electron chi connectivity index (χ1n) is 11.3. The standard InChI is InChI=1S/C30H25F2N3/c1-18(2)3-4-19-5-8-21(9-6-19)28(23-12-14-27(34)25(16-23)30(32)35)29(22-10-11-22)24-13-7-20(17-33)15-26(24)31/h3-9,12-16,22,35H,1,10-11,34H2,2H3/b4-3+,29-28+,35-30?. The molecule has 1 fully saturated rings. The molecule has 4 rings (SSSR count). The molecule has 0 spiro atoms. The molecule has 0 heterocycles. The van der Waals surface area contributed by atoms with Crippen LogP contribution in [-0.2, 0) is 0 Å². The Bertz CT molecular complexity index is 1420. The average Bonchev–Trinajstić information content (AvgIpc) is 3.67. The minimum Gasteiger partial charge on any atom is -0.398 e. The summed E-state index contributed by atoms with van der Waals surface area (Å²) in [7, 11) is 0. The van der Waals surface area contributed by atoms with Crippen LogP contribution < -0.4 is 5.73 Å². The number of benzene rings is 3. The van der Waals surface area contributed by atoms with Crippen molar-refractivity contribution < 1.29 is 8.78 Å². The monoisotopic (exact) mass is 465 g/mol. The van der Waals surface area contributed by atoms with Gasteiger partial charge in [-0.2, -0.15) is 9.65 Å². The van der Waals surface area contributed by atoms with E-state index in [-0.39, 0.29) is 22.7 Å². The molecule has 5 heteroatoms. The number of nitriles is 1. The van der Waals surface area contributed by atoms with Gasteiger partial charge in [-0.1, -0.05) is 60.7 Å². The van der Waals surface area contributed by atoms with Crippen LogP contribution in [0.1, 0.15) is 53.1 Å². The van der Waals surface area contributed by atoms with Crippen molar-refractivity contribution in [1.29, 1.82) is 10.7 Å². The summed E-state index contributed by atoms with van der Waals surface area (Å²) in [6, 6.07) is 19.2. The molecule has 0 atom stereocenters. The van der Waals surface area contributed by atoms with Gasteiger partial charge in [0, 0.05) is 11.3 Å². The van der Waals surface area contributed by atoms with Crippen LogP contribution in [0, 0.1) is 28.5 Å². The highest BCUT2D eigenvalue weighted by Crippen LogP contribution is 2.48. The lowest BCUT2D eigenvalue weighted by Crippen LogP contribution is -2.03. The van der Waals surface area contributed by atoms with Crippen molar-refractivity contribution in [3.63, 3.8) is 0 Å². The lowest BCUT2D eigenvalue weighted by atomic mass is 9.85. The van der Waals surface area contributed by atoms with Crippen molar-refractivity contribution in [2.75, 3.05) is 5.73 Å². The van der Waals surface area contributed by atoms with E-state index in [4.69, 9.17) is 11.1 Å². The van der Waals surface area contributed by atoms with Crippen molar-refractivity contribution in [2.45, 2.75) is 19.8 Å². The molecule has 0 bridgehead atoms. The van der Waals surface area contributed by atoms with Crippen LogP contribution in [0.2, 0.25) is 0 Å². The first kappa shape index (κ1) is 23.8. The second-order valence-electron chi connectivity index (χ2n) is 8.79. The Morgan fingerprint density at radius 1 is 1.06 bits per heavy atom. The van der Waals surface area contributed by atoms with Crippen LogP contribution in [0.15, 0.2) is 78.9 Å². The number of rotatable bonds is 7. The molecule has 0 unspecified atom stereocenters. The number of hydrogen-bond donors (Lipinski definition) is 2. The number of hydrogen-bond acceptors (Lipinski definition) is 3. The Morgan fingerprint density at radius 3 is 2.31 bits per heavy atom. The Labute approximate surface area is 204 Å². The molecular formula is C30H25F2N3. The molecule has 0 amide bonds. The third-order valence-corrected chi connectivity index (χ3v) is 5.98. The van der Waals surface area contributed by atoms with Crippen LogP contribution >= 0.6 is 0 Å². The third kappa shape index (κ3) is 5.28. The molecule has 1 aliphatic carbocycles. The number of nitrogen functional groups attached to an aromatic ring is 1. The summed E-state index contributed by atoms with van der Waals surface area (Å²) in [5.41, 5.74) is 11.7. The molecule has 1 saturated carbocycles. The number of allylic oxidation sites excluding steroid dienone is 3. The van der Waals surface area contributed by atoms with Crippen LogP contribution in [0.4, 0.5) is 14.5 Å². The van der Waals surface area contributed by atoms with E-state index in [1.54, 1.807) is 30.3 Å². The van der Waals surface area contributed by atoms with E-state index in [9.17, 15) is 9.65 Å². The number of nitrogens with zero attached hydrogens (tertiary/aromatic N) is 1. The van der Waals surface area contributed by atoms with Gasteiger partial charge in [-0.25, -0.2) is 4.39 Å². The average molecular weight is 466 g/mol. The van der Waals surface area contributed by atoms with E-state index in [1.165, 1.54) is 6.07 Å². The molecule has 0 aromatic heterocycles. The second-order valence-corrected chi connectivity index (χ2v) is 8.79. The van der Waals surface area contributed by atoms with Crippen LogP contribution in [0.3, 0.4) is 0 Å². The van der Waals surface area contributed by atoms with Gasteiger partial charge in [0.25, 0.3) is 0 Å². The second kappa shape index (κ2) is 9.90. The van der Waals surface area contributed by atoms with Crippen molar-refractivity contribution in [3.8, 4) is 6.07 Å². The topological polar surface area (TPSA) is 73.7 Å². The first-order chi connectivity index (χ1) is 16.8. The van der Waals surface area contributed by atoms with Gasteiger partial charge in [-0.15, -0.1) is 0 Å². The third-order valence-electron chi connectivity index (χ3n) is 5.98. The van der Waals surface area contributed by atoms with Crippen molar-refractivity contribution in [3.05, 3.63) is 118 Å². The zero-order chi connectivity index (χ0) is 25.1.